The van der Waals surface area contributed by atoms with Crippen molar-refractivity contribution in [3.63, 3.8) is 0 Å². The smallest absolute Gasteiger partial charge is 0.214 e. The molecule has 0 aliphatic rings. The van der Waals surface area contributed by atoms with Gasteiger partial charge in [-0.25, -0.2) is 4.21 Å². The van der Waals surface area contributed by atoms with Crippen molar-refractivity contribution in [2.45, 2.75) is 13.3 Å². The van der Waals surface area contributed by atoms with Crippen molar-refractivity contribution < 1.29 is 4.21 Å². The molecule has 4 heteroatoms. The summed E-state index contributed by atoms with van der Waals surface area (Å²) in [6.45, 7) is 5.53. The largest absolute Gasteiger partial charge is 0.249 e. The first-order valence-corrected chi connectivity index (χ1v) is 5.29. The Morgan fingerprint density at radius 1 is 1.82 bits per heavy atom. The van der Waals surface area contributed by atoms with Crippen molar-refractivity contribution in [3.05, 3.63) is 12.2 Å². The Morgan fingerprint density at radius 2 is 2.36 bits per heavy atom. The molecule has 62 valence electrons. The maximum Gasteiger partial charge on any atom is 0.214 e. The molecule has 11 heavy (non-hydrogen) atoms. The Labute approximate surface area is 67.9 Å². The highest BCUT2D eigenvalue weighted by Gasteiger charge is 1.99. The predicted octanol–water partition coefficient (Wildman–Crippen LogP) is 1.53. The van der Waals surface area contributed by atoms with Crippen LogP contribution < -0.4 is 0 Å². The lowest BCUT2D eigenvalue weighted by atomic mass is 10.3. The minimum Gasteiger partial charge on any atom is -0.249 e. The number of rotatable bonds is 3. The first-order valence-electron chi connectivity index (χ1n) is 3.20. The van der Waals surface area contributed by atoms with E-state index in [0.717, 1.165) is 5.57 Å². The van der Waals surface area contributed by atoms with Gasteiger partial charge in [0.05, 0.1) is 9.73 Å². The Morgan fingerprint density at radius 3 is 2.73 bits per heavy atom. The fourth-order valence-corrected chi connectivity index (χ4v) is 1.49. The topological polar surface area (TPSA) is 53.2 Å². The molecule has 0 bridgehead atoms. The molecule has 0 radical (unpaired) electrons. The van der Waals surface area contributed by atoms with Crippen molar-refractivity contribution in [3.8, 4) is 6.19 Å². The van der Waals surface area contributed by atoms with Gasteiger partial charge in [-0.2, -0.15) is 5.26 Å². The molecule has 0 aromatic rings. The Balaban J connectivity index is 4.18. The van der Waals surface area contributed by atoms with E-state index in [0.29, 0.717) is 12.2 Å². The van der Waals surface area contributed by atoms with Crippen molar-refractivity contribution >= 4 is 9.73 Å². The lowest BCUT2D eigenvalue weighted by molar-refractivity contribution is 0.680. The summed E-state index contributed by atoms with van der Waals surface area (Å²) in [7, 11) is -2.27. The predicted molar refractivity (Wildman–Crippen MR) is 46.4 cm³/mol. The van der Waals surface area contributed by atoms with Gasteiger partial charge in [0.2, 0.25) is 6.19 Å². The summed E-state index contributed by atoms with van der Waals surface area (Å²) in [4.78, 5) is 0. The maximum atomic E-state index is 11.3. The normalized spacial score (nSPS) is 14.6. The molecule has 0 aromatic carbocycles. The molecule has 0 saturated carbocycles. The van der Waals surface area contributed by atoms with E-state index in [1.165, 1.54) is 6.26 Å². The Bertz CT molecular complexity index is 292. The zero-order valence-electron chi connectivity index (χ0n) is 6.83. The van der Waals surface area contributed by atoms with Crippen LogP contribution in [0.2, 0.25) is 0 Å². The minimum atomic E-state index is -2.27. The zero-order valence-corrected chi connectivity index (χ0v) is 7.65. The van der Waals surface area contributed by atoms with E-state index >= 15 is 0 Å². The van der Waals surface area contributed by atoms with Crippen molar-refractivity contribution in [1.29, 1.82) is 5.26 Å². The van der Waals surface area contributed by atoms with E-state index in [-0.39, 0.29) is 0 Å². The van der Waals surface area contributed by atoms with E-state index < -0.39 is 9.73 Å². The second-order valence-corrected chi connectivity index (χ2v) is 5.07. The summed E-state index contributed by atoms with van der Waals surface area (Å²) in [6.07, 6.45) is 3.70. The molecule has 3 nitrogen and oxygen atoms in total. The summed E-state index contributed by atoms with van der Waals surface area (Å²) in [5.74, 6) is 0.426. The summed E-state index contributed by atoms with van der Waals surface area (Å²) < 4.78 is 14.6. The highest BCUT2D eigenvalue weighted by atomic mass is 32.2. The van der Waals surface area contributed by atoms with E-state index in [1.807, 2.05) is 6.92 Å². The number of allylic oxidation sites excluding steroid dienone is 1. The van der Waals surface area contributed by atoms with Gasteiger partial charge in [0.25, 0.3) is 0 Å². The van der Waals surface area contributed by atoms with Crippen molar-refractivity contribution in [1.82, 2.24) is 0 Å². The van der Waals surface area contributed by atoms with Gasteiger partial charge >= 0.3 is 0 Å². The van der Waals surface area contributed by atoms with Gasteiger partial charge in [-0.1, -0.05) is 5.57 Å². The molecule has 0 saturated heterocycles. The van der Waals surface area contributed by atoms with Crippen LogP contribution in [0.25, 0.3) is 0 Å². The number of nitriles is 1. The van der Waals surface area contributed by atoms with Crippen LogP contribution in [0.15, 0.2) is 16.5 Å². The molecule has 1 atom stereocenters. The van der Waals surface area contributed by atoms with Gasteiger partial charge in [0.15, 0.2) is 0 Å². The third kappa shape index (κ3) is 5.62. The molecule has 0 N–H and O–H groups in total. The van der Waals surface area contributed by atoms with Crippen LogP contribution in [-0.4, -0.2) is 16.2 Å². The fraction of sp³-hybridized carbons (Fsp3) is 0.571. The van der Waals surface area contributed by atoms with Crippen molar-refractivity contribution in [2.24, 2.45) is 4.36 Å². The van der Waals surface area contributed by atoms with Crippen LogP contribution in [0, 0.1) is 11.5 Å². The summed E-state index contributed by atoms with van der Waals surface area (Å²) >= 11 is 0. The van der Waals surface area contributed by atoms with Gasteiger partial charge < -0.3 is 0 Å². The molecule has 0 heterocycles. The molecule has 0 aliphatic heterocycles. The Hall–Kier alpha value is -0.820. The highest BCUT2D eigenvalue weighted by Crippen LogP contribution is 2.00. The van der Waals surface area contributed by atoms with E-state index in [9.17, 15) is 4.21 Å². The Kier molecular flexibility index (Phi) is 3.83. The lowest BCUT2D eigenvalue weighted by Crippen LogP contribution is -2.02. The second-order valence-electron chi connectivity index (χ2n) is 2.56. The van der Waals surface area contributed by atoms with Crippen LogP contribution in [0.3, 0.4) is 0 Å². The summed E-state index contributed by atoms with van der Waals surface area (Å²) in [5.41, 5.74) is 0.965. The summed E-state index contributed by atoms with van der Waals surface area (Å²) in [6, 6.07) is 0. The first-order chi connectivity index (χ1) is 4.98. The standard InChI is InChI=1S/C7H12N2OS/c1-7(2)4-5-11(3,10)9-6-8/h1,4-5H2,2-3H3. The monoisotopic (exact) mass is 172 g/mol. The molecular weight excluding hydrogens is 160 g/mol. The maximum absolute atomic E-state index is 11.3. The van der Waals surface area contributed by atoms with Gasteiger partial charge in [-0.05, 0) is 13.3 Å². The number of hydrogen-bond acceptors (Lipinski definition) is 3. The van der Waals surface area contributed by atoms with Crippen LogP contribution >= 0.6 is 0 Å². The summed E-state index contributed by atoms with van der Waals surface area (Å²) in [5, 5.41) is 8.15. The van der Waals surface area contributed by atoms with E-state index in [4.69, 9.17) is 5.26 Å². The molecule has 0 spiro atoms. The van der Waals surface area contributed by atoms with Crippen LogP contribution in [0.4, 0.5) is 0 Å². The average Bonchev–Trinajstić information content (AvgIpc) is 1.84. The van der Waals surface area contributed by atoms with E-state index in [2.05, 4.69) is 10.9 Å². The van der Waals surface area contributed by atoms with Gasteiger partial charge in [0.1, 0.15) is 0 Å². The fourth-order valence-electron chi connectivity index (χ4n) is 0.496. The SMILES string of the molecule is C=C(C)CCS(C)(=O)=NC#N. The highest BCUT2D eigenvalue weighted by molar-refractivity contribution is 7.93. The minimum absolute atomic E-state index is 0.426. The number of hydrogen-bond donors (Lipinski definition) is 0. The second kappa shape index (κ2) is 4.14. The molecule has 0 rings (SSSR count). The molecule has 0 fully saturated rings. The number of nitrogens with zero attached hydrogens (tertiary/aromatic N) is 2. The molecular formula is C7H12N2OS. The third-order valence-corrected chi connectivity index (χ3v) is 2.57. The van der Waals surface area contributed by atoms with E-state index in [1.54, 1.807) is 6.19 Å². The van der Waals surface area contributed by atoms with Gasteiger partial charge in [0, 0.05) is 12.0 Å². The molecule has 0 aromatic heterocycles. The van der Waals surface area contributed by atoms with Crippen LogP contribution in [-0.2, 0) is 9.73 Å². The zero-order chi connectivity index (χ0) is 8.91. The average molecular weight is 172 g/mol. The molecule has 1 unspecified atom stereocenters. The van der Waals surface area contributed by atoms with Crippen molar-refractivity contribution in [2.75, 3.05) is 12.0 Å². The quantitative estimate of drug-likeness (QED) is 0.479. The van der Waals surface area contributed by atoms with Gasteiger partial charge in [-0.3, -0.25) is 0 Å². The van der Waals surface area contributed by atoms with Gasteiger partial charge in [-0.15, -0.1) is 10.9 Å². The lowest BCUT2D eigenvalue weighted by Gasteiger charge is -1.99. The van der Waals surface area contributed by atoms with Crippen LogP contribution in [0.5, 0.6) is 0 Å². The molecule has 0 aliphatic carbocycles. The third-order valence-electron chi connectivity index (χ3n) is 1.14. The molecule has 0 amide bonds. The first kappa shape index (κ1) is 10.2. The van der Waals surface area contributed by atoms with Crippen LogP contribution in [0.1, 0.15) is 13.3 Å².